The van der Waals surface area contributed by atoms with Gasteiger partial charge in [0, 0.05) is 18.3 Å². The zero-order chi connectivity index (χ0) is 16.6. The van der Waals surface area contributed by atoms with Crippen molar-refractivity contribution in [1.29, 1.82) is 0 Å². The highest BCUT2D eigenvalue weighted by molar-refractivity contribution is 6.42. The molecule has 1 heterocycles. The third kappa shape index (κ3) is 3.06. The number of nitrogens with zero attached hydrogens (tertiary/aromatic N) is 2. The van der Waals surface area contributed by atoms with E-state index in [0.717, 1.165) is 5.56 Å². The molecule has 0 aliphatic rings. The minimum atomic E-state index is -0.519. The zero-order valence-corrected chi connectivity index (χ0v) is 13.2. The fourth-order valence-electron chi connectivity index (χ4n) is 2.34. The van der Waals surface area contributed by atoms with Crippen LogP contribution in [0.15, 0.2) is 53.5 Å². The Bertz CT molecular complexity index is 983. The Morgan fingerprint density at radius 1 is 1.04 bits per heavy atom. The Morgan fingerprint density at radius 3 is 2.52 bits per heavy atom. The van der Waals surface area contributed by atoms with Gasteiger partial charge in [0.15, 0.2) is 0 Å². The van der Waals surface area contributed by atoms with Gasteiger partial charge in [-0.1, -0.05) is 29.3 Å². The van der Waals surface area contributed by atoms with Gasteiger partial charge in [0.2, 0.25) is 0 Å². The quantitative estimate of drug-likeness (QED) is 0.524. The molecular weight excluding hydrogens is 339 g/mol. The maximum atomic E-state index is 12.5. The SMILES string of the molecule is O=c1c2cc([N+](=O)[O-])ccc2ccn1Cc1ccc(Cl)c(Cl)c1. The van der Waals surface area contributed by atoms with E-state index in [9.17, 15) is 14.9 Å². The lowest BCUT2D eigenvalue weighted by molar-refractivity contribution is -0.384. The zero-order valence-electron chi connectivity index (χ0n) is 11.7. The molecule has 0 aliphatic carbocycles. The van der Waals surface area contributed by atoms with Gasteiger partial charge in [0.1, 0.15) is 0 Å². The number of hydrogen-bond acceptors (Lipinski definition) is 3. The number of pyridine rings is 1. The van der Waals surface area contributed by atoms with E-state index in [1.54, 1.807) is 36.5 Å². The van der Waals surface area contributed by atoms with Crippen LogP contribution >= 0.6 is 23.2 Å². The number of fused-ring (bicyclic) bond motifs is 1. The number of halogens is 2. The topological polar surface area (TPSA) is 65.1 Å². The molecule has 3 rings (SSSR count). The largest absolute Gasteiger partial charge is 0.311 e. The lowest BCUT2D eigenvalue weighted by Crippen LogP contribution is -2.20. The Balaban J connectivity index is 2.07. The standard InChI is InChI=1S/C16H10Cl2N2O3/c17-14-4-1-10(7-15(14)18)9-19-6-5-11-2-3-12(20(22)23)8-13(11)16(19)21/h1-8H,9H2. The maximum Gasteiger partial charge on any atom is 0.270 e. The highest BCUT2D eigenvalue weighted by Crippen LogP contribution is 2.23. The van der Waals surface area contributed by atoms with E-state index in [0.29, 0.717) is 27.4 Å². The molecule has 0 bridgehead atoms. The van der Waals surface area contributed by atoms with Gasteiger partial charge >= 0.3 is 0 Å². The molecule has 0 unspecified atom stereocenters. The van der Waals surface area contributed by atoms with E-state index in [-0.39, 0.29) is 11.2 Å². The van der Waals surface area contributed by atoms with Crippen LogP contribution in [0.2, 0.25) is 10.0 Å². The molecule has 0 spiro atoms. The molecule has 2 aromatic carbocycles. The molecule has 0 fully saturated rings. The summed E-state index contributed by atoms with van der Waals surface area (Å²) >= 11 is 11.9. The second-order valence-corrected chi connectivity index (χ2v) is 5.84. The Hall–Kier alpha value is -2.37. The number of nitro benzene ring substituents is 1. The summed E-state index contributed by atoms with van der Waals surface area (Å²) in [6.45, 7) is 0.300. The summed E-state index contributed by atoms with van der Waals surface area (Å²) in [5, 5.41) is 12.7. The van der Waals surface area contributed by atoms with Crippen LogP contribution in [0.25, 0.3) is 10.8 Å². The van der Waals surface area contributed by atoms with Gasteiger partial charge in [-0.2, -0.15) is 0 Å². The highest BCUT2D eigenvalue weighted by atomic mass is 35.5. The van der Waals surface area contributed by atoms with E-state index in [4.69, 9.17) is 23.2 Å². The fourth-order valence-corrected chi connectivity index (χ4v) is 2.66. The van der Waals surface area contributed by atoms with Gasteiger partial charge in [0.25, 0.3) is 11.2 Å². The molecule has 23 heavy (non-hydrogen) atoms. The van der Waals surface area contributed by atoms with E-state index in [1.165, 1.54) is 16.7 Å². The van der Waals surface area contributed by atoms with E-state index in [1.807, 2.05) is 0 Å². The van der Waals surface area contributed by atoms with E-state index in [2.05, 4.69) is 0 Å². The van der Waals surface area contributed by atoms with Gasteiger partial charge in [-0.25, -0.2) is 0 Å². The van der Waals surface area contributed by atoms with Crippen molar-refractivity contribution in [3.05, 3.63) is 84.7 Å². The molecule has 0 saturated heterocycles. The summed E-state index contributed by atoms with van der Waals surface area (Å²) in [7, 11) is 0. The highest BCUT2D eigenvalue weighted by Gasteiger charge is 2.10. The van der Waals surface area contributed by atoms with Crippen LogP contribution in [0, 0.1) is 10.1 Å². The number of non-ortho nitro benzene ring substituents is 1. The molecule has 0 N–H and O–H groups in total. The van der Waals surface area contributed by atoms with Crippen molar-refractivity contribution < 1.29 is 4.92 Å². The fraction of sp³-hybridized carbons (Fsp3) is 0.0625. The summed E-state index contributed by atoms with van der Waals surface area (Å²) in [4.78, 5) is 22.9. The van der Waals surface area contributed by atoms with Crippen LogP contribution in [-0.4, -0.2) is 9.49 Å². The molecule has 1 aromatic heterocycles. The summed E-state index contributed by atoms with van der Waals surface area (Å²) in [6.07, 6.45) is 1.65. The average molecular weight is 349 g/mol. The third-order valence-corrected chi connectivity index (χ3v) is 4.25. The summed E-state index contributed by atoms with van der Waals surface area (Å²) < 4.78 is 1.48. The molecule has 116 valence electrons. The maximum absolute atomic E-state index is 12.5. The van der Waals surface area contributed by atoms with Gasteiger partial charge in [-0.05, 0) is 35.2 Å². The number of rotatable bonds is 3. The smallest absolute Gasteiger partial charge is 0.270 e. The summed E-state index contributed by atoms with van der Waals surface area (Å²) in [5.74, 6) is 0. The number of nitro groups is 1. The summed E-state index contributed by atoms with van der Waals surface area (Å²) in [5.41, 5.74) is 0.408. The first-order valence-electron chi connectivity index (χ1n) is 6.67. The molecule has 0 saturated carbocycles. The lowest BCUT2D eigenvalue weighted by Gasteiger charge is -2.08. The molecule has 0 amide bonds. The van der Waals surface area contributed by atoms with Crippen molar-refractivity contribution in [3.8, 4) is 0 Å². The van der Waals surface area contributed by atoms with Crippen molar-refractivity contribution in [2.24, 2.45) is 0 Å². The van der Waals surface area contributed by atoms with Crippen molar-refractivity contribution in [3.63, 3.8) is 0 Å². The van der Waals surface area contributed by atoms with Crippen molar-refractivity contribution in [2.75, 3.05) is 0 Å². The average Bonchev–Trinajstić information content (AvgIpc) is 2.53. The van der Waals surface area contributed by atoms with Crippen LogP contribution in [0.3, 0.4) is 0 Å². The number of benzene rings is 2. The van der Waals surface area contributed by atoms with Crippen molar-refractivity contribution in [1.82, 2.24) is 4.57 Å². The lowest BCUT2D eigenvalue weighted by atomic mass is 10.1. The molecule has 0 aliphatic heterocycles. The van der Waals surface area contributed by atoms with Crippen LogP contribution in [-0.2, 0) is 6.54 Å². The molecule has 0 radical (unpaired) electrons. The molecule has 0 atom stereocenters. The predicted molar refractivity (Wildman–Crippen MR) is 90.4 cm³/mol. The number of hydrogen-bond donors (Lipinski definition) is 0. The molecule has 3 aromatic rings. The first-order valence-corrected chi connectivity index (χ1v) is 7.43. The van der Waals surface area contributed by atoms with Crippen LogP contribution in [0.1, 0.15) is 5.56 Å². The molecular formula is C16H10Cl2N2O3. The molecule has 5 nitrogen and oxygen atoms in total. The second-order valence-electron chi connectivity index (χ2n) is 5.03. The van der Waals surface area contributed by atoms with Crippen LogP contribution < -0.4 is 5.56 Å². The van der Waals surface area contributed by atoms with Gasteiger partial charge in [-0.3, -0.25) is 14.9 Å². The predicted octanol–water partition coefficient (Wildman–Crippen LogP) is 4.26. The number of aromatic nitrogens is 1. The minimum absolute atomic E-state index is 0.109. The van der Waals surface area contributed by atoms with Crippen molar-refractivity contribution >= 4 is 39.7 Å². The summed E-state index contributed by atoms with van der Waals surface area (Å²) in [6, 6.07) is 11.1. The monoisotopic (exact) mass is 348 g/mol. The van der Waals surface area contributed by atoms with E-state index >= 15 is 0 Å². The Morgan fingerprint density at radius 2 is 1.83 bits per heavy atom. The van der Waals surface area contributed by atoms with Gasteiger partial charge in [-0.15, -0.1) is 0 Å². The van der Waals surface area contributed by atoms with Crippen LogP contribution in [0.4, 0.5) is 5.69 Å². The van der Waals surface area contributed by atoms with Crippen molar-refractivity contribution in [2.45, 2.75) is 6.54 Å². The third-order valence-electron chi connectivity index (χ3n) is 3.51. The Labute approximate surface area is 140 Å². The normalized spacial score (nSPS) is 10.9. The second kappa shape index (κ2) is 6.02. The van der Waals surface area contributed by atoms with E-state index < -0.39 is 4.92 Å². The first-order chi connectivity index (χ1) is 11.0. The van der Waals surface area contributed by atoms with Gasteiger partial charge in [0.05, 0.1) is 26.9 Å². The Kier molecular flexibility index (Phi) is 4.07. The minimum Gasteiger partial charge on any atom is -0.311 e. The first kappa shape index (κ1) is 15.5. The van der Waals surface area contributed by atoms with Crippen LogP contribution in [0.5, 0.6) is 0 Å². The van der Waals surface area contributed by atoms with Gasteiger partial charge < -0.3 is 4.57 Å². The molecule has 7 heteroatoms.